The Bertz CT molecular complexity index is 3080. The number of phenolic OH excluding ortho intramolecular Hbond substituents is 1. The number of aromatic nitrogens is 2. The average molecular weight is 875 g/mol. The summed E-state index contributed by atoms with van der Waals surface area (Å²) in [7, 11) is 1.72. The van der Waals surface area contributed by atoms with Crippen LogP contribution < -0.4 is 14.5 Å². The number of carbonyl (C=O) groups is 5. The van der Waals surface area contributed by atoms with E-state index in [1.807, 2.05) is 44.2 Å². The molecule has 6 unspecified atom stereocenters. The van der Waals surface area contributed by atoms with Gasteiger partial charge < -0.3 is 9.84 Å². The van der Waals surface area contributed by atoms with E-state index in [-0.39, 0.29) is 42.1 Å². The summed E-state index contributed by atoms with van der Waals surface area (Å²) >= 11 is 7.91. The molecule has 0 bridgehead atoms. The Morgan fingerprint density at radius 3 is 2.43 bits per heavy atom. The van der Waals surface area contributed by atoms with Crippen LogP contribution in [-0.2, 0) is 32.6 Å². The van der Waals surface area contributed by atoms with Crippen molar-refractivity contribution < 1.29 is 33.8 Å². The first kappa shape index (κ1) is 39.2. The molecular weight excluding hydrogens is 836 g/mol. The number of thiophene rings is 1. The molecule has 13 heteroatoms. The monoisotopic (exact) mass is 874 g/mol. The predicted octanol–water partition coefficient (Wildman–Crippen LogP) is 8.99. The first-order valence-corrected chi connectivity index (χ1v) is 22.1. The lowest BCUT2D eigenvalue weighted by molar-refractivity contribution is -0.132. The molecule has 3 fully saturated rings. The number of halogens is 1. The van der Waals surface area contributed by atoms with Gasteiger partial charge in [0.2, 0.25) is 23.6 Å². The van der Waals surface area contributed by atoms with Gasteiger partial charge in [-0.05, 0) is 110 Å². The zero-order chi connectivity index (χ0) is 43.6. The molecule has 6 aromatic rings. The largest absolute Gasteiger partial charge is 0.508 e. The number of fused-ring (bicyclic) bond motifs is 6. The van der Waals surface area contributed by atoms with Gasteiger partial charge in [-0.15, -0.1) is 11.3 Å². The first-order valence-electron chi connectivity index (χ1n) is 20.9. The lowest BCUT2D eigenvalue weighted by Crippen LogP contribution is -2.51. The smallest absolute Gasteiger partial charge is 0.242 e. The molecule has 0 spiro atoms. The Kier molecular flexibility index (Phi) is 8.84. The summed E-state index contributed by atoms with van der Waals surface area (Å²) in [6.45, 7) is 3.85. The number of carbonyl (C=O) groups excluding carboxylic acids is 5. The molecule has 11 nitrogen and oxygen atoms in total. The number of allylic oxidation sites excluding steroid dienone is 3. The molecule has 6 atom stereocenters. The Hall–Kier alpha value is -6.63. The molecule has 0 radical (unpaired) electrons. The Labute approximate surface area is 370 Å². The number of benzene rings is 4. The molecule has 63 heavy (non-hydrogen) atoms. The number of aryl methyl sites for hydroxylation is 2. The number of ketones is 1. The number of hydrogen-bond donors (Lipinski definition) is 1. The zero-order valence-electron chi connectivity index (χ0n) is 34.4. The highest BCUT2D eigenvalue weighted by atomic mass is 35.5. The second-order valence-electron chi connectivity index (χ2n) is 17.4. The van der Waals surface area contributed by atoms with Crippen molar-refractivity contribution in [3.63, 3.8) is 0 Å². The van der Waals surface area contributed by atoms with Crippen molar-refractivity contribution in [2.24, 2.45) is 42.1 Å². The number of hydrogen-bond acceptors (Lipinski definition) is 9. The van der Waals surface area contributed by atoms with Crippen LogP contribution in [0.25, 0.3) is 20.7 Å². The summed E-state index contributed by atoms with van der Waals surface area (Å²) < 4.78 is 8.78. The standard InChI is InChI=1S/C50H39ClN4O7S/c1-25-35-21-30(51)11-18-40(35)63-45(25)38-23-41(53(3)52-38)55-47(59)37-22-36-33(43(50(37,2)49(55)61)29-19-28-20-32(56)14-17-39(28)62-24-29)15-16-34-42(36)48(60)54(46(34)58)31-12-9-27(10-13-31)44(57)26-7-5-4-6-8-26/h4-15,17-18,20-21,23-24,34,36-37,42-43,56H,16,19,22H2,1-3H3. The van der Waals surface area contributed by atoms with Gasteiger partial charge in [-0.1, -0.05) is 53.6 Å². The Morgan fingerprint density at radius 2 is 1.65 bits per heavy atom. The van der Waals surface area contributed by atoms with E-state index >= 15 is 9.59 Å². The molecule has 2 aliphatic carbocycles. The maximum absolute atomic E-state index is 15.4. The van der Waals surface area contributed by atoms with E-state index in [1.165, 1.54) is 9.80 Å². The number of ether oxygens (including phenoxy) is 1. The van der Waals surface area contributed by atoms with Gasteiger partial charge in [-0.3, -0.25) is 33.6 Å². The zero-order valence-corrected chi connectivity index (χ0v) is 35.9. The third kappa shape index (κ3) is 5.77. The van der Waals surface area contributed by atoms with Crippen LogP contribution in [0.4, 0.5) is 11.5 Å². The maximum Gasteiger partial charge on any atom is 0.242 e. The molecule has 11 rings (SSSR count). The number of aromatic hydroxyl groups is 1. The highest BCUT2D eigenvalue weighted by Gasteiger charge is 2.68. The van der Waals surface area contributed by atoms with E-state index in [2.05, 4.69) is 0 Å². The van der Waals surface area contributed by atoms with Crippen LogP contribution in [0.3, 0.4) is 0 Å². The fourth-order valence-electron chi connectivity index (χ4n) is 11.1. The van der Waals surface area contributed by atoms with Crippen LogP contribution in [0.2, 0.25) is 5.02 Å². The minimum absolute atomic E-state index is 0.0684. The maximum atomic E-state index is 15.4. The van der Waals surface area contributed by atoms with Crippen LogP contribution in [-0.4, -0.2) is 44.3 Å². The van der Waals surface area contributed by atoms with E-state index in [0.717, 1.165) is 37.2 Å². The summed E-state index contributed by atoms with van der Waals surface area (Å²) in [5.41, 5.74) is 3.90. The van der Waals surface area contributed by atoms with E-state index in [9.17, 15) is 19.5 Å². The van der Waals surface area contributed by atoms with Gasteiger partial charge in [0.05, 0.1) is 40.0 Å². The Balaban J connectivity index is 0.974. The SMILES string of the molecule is Cc1c(-c2cc(N3C(=O)C4CC5C(=CCC6C(=O)N(c7ccc(C(=O)c8ccccc8)cc7)C(=O)C65)C(C5=COc6ccc(O)cc6C5)C4(C)C3=O)n(C)n2)sc2ccc(Cl)cc12. The van der Waals surface area contributed by atoms with Crippen LogP contribution in [0.5, 0.6) is 11.5 Å². The highest BCUT2D eigenvalue weighted by Crippen LogP contribution is 2.63. The molecule has 5 aliphatic rings. The summed E-state index contributed by atoms with van der Waals surface area (Å²) in [5.74, 6) is -4.27. The molecule has 4 amide bonds. The molecule has 314 valence electrons. The topological polar surface area (TPSA) is 139 Å². The van der Waals surface area contributed by atoms with Crippen molar-refractivity contribution in [2.75, 3.05) is 9.80 Å². The molecule has 1 saturated carbocycles. The summed E-state index contributed by atoms with van der Waals surface area (Å²) in [6, 6.07) is 27.8. The van der Waals surface area contributed by atoms with Crippen LogP contribution >= 0.6 is 22.9 Å². The van der Waals surface area contributed by atoms with Crippen molar-refractivity contribution in [1.82, 2.24) is 9.78 Å². The van der Waals surface area contributed by atoms with Gasteiger partial charge in [-0.25, -0.2) is 4.90 Å². The van der Waals surface area contributed by atoms with E-state index in [0.29, 0.717) is 45.5 Å². The van der Waals surface area contributed by atoms with Crippen molar-refractivity contribution in [3.8, 4) is 22.1 Å². The molecule has 5 heterocycles. The number of anilines is 2. The number of nitrogens with zero attached hydrogens (tertiary/aromatic N) is 4. The van der Waals surface area contributed by atoms with Gasteiger partial charge in [0.25, 0.3) is 0 Å². The van der Waals surface area contributed by atoms with Gasteiger partial charge in [0.15, 0.2) is 5.78 Å². The number of rotatable bonds is 6. The van der Waals surface area contributed by atoms with Gasteiger partial charge in [-0.2, -0.15) is 5.10 Å². The fourth-order valence-corrected chi connectivity index (χ4v) is 12.4. The van der Waals surface area contributed by atoms with E-state index < -0.39 is 40.9 Å². The van der Waals surface area contributed by atoms with Gasteiger partial charge >= 0.3 is 0 Å². The normalized spacial score (nSPS) is 25.0. The minimum Gasteiger partial charge on any atom is -0.508 e. The van der Waals surface area contributed by atoms with Crippen molar-refractivity contribution in [2.45, 2.75) is 33.1 Å². The van der Waals surface area contributed by atoms with E-state index in [4.69, 9.17) is 21.4 Å². The number of imide groups is 2. The third-order valence-corrected chi connectivity index (χ3v) is 15.6. The van der Waals surface area contributed by atoms with Gasteiger partial charge in [0.1, 0.15) is 23.0 Å². The summed E-state index contributed by atoms with van der Waals surface area (Å²) in [6.07, 6.45) is 4.42. The second kappa shape index (κ2) is 14.2. The Morgan fingerprint density at radius 1 is 0.889 bits per heavy atom. The highest BCUT2D eigenvalue weighted by molar-refractivity contribution is 7.22. The second-order valence-corrected chi connectivity index (χ2v) is 18.9. The third-order valence-electron chi connectivity index (χ3n) is 14.1. The molecule has 4 aromatic carbocycles. The minimum atomic E-state index is -1.31. The average Bonchev–Trinajstić information content (AvgIpc) is 3.96. The van der Waals surface area contributed by atoms with Crippen LogP contribution in [0.15, 0.2) is 121 Å². The van der Waals surface area contributed by atoms with Crippen molar-refractivity contribution >= 4 is 73.9 Å². The van der Waals surface area contributed by atoms with Crippen molar-refractivity contribution in [3.05, 3.63) is 148 Å². The molecular formula is C50H39ClN4O7S. The summed E-state index contributed by atoms with van der Waals surface area (Å²) in [5, 5.41) is 16.9. The first-order chi connectivity index (χ1) is 30.3. The summed E-state index contributed by atoms with van der Waals surface area (Å²) in [4.78, 5) is 76.2. The van der Waals surface area contributed by atoms with Gasteiger partial charge in [0, 0.05) is 51.9 Å². The number of amides is 4. The lowest BCUT2D eigenvalue weighted by atomic mass is 9.51. The molecule has 2 aromatic heterocycles. The lowest BCUT2D eigenvalue weighted by Gasteiger charge is -2.49. The molecule has 2 saturated heterocycles. The van der Waals surface area contributed by atoms with Crippen LogP contribution in [0, 0.1) is 41.9 Å². The van der Waals surface area contributed by atoms with Crippen molar-refractivity contribution in [1.29, 1.82) is 0 Å². The van der Waals surface area contributed by atoms with Crippen LogP contribution in [0.1, 0.15) is 46.8 Å². The quantitative estimate of drug-likeness (QED) is 0.0995. The number of phenols is 1. The van der Waals surface area contributed by atoms with E-state index in [1.54, 1.807) is 102 Å². The molecule has 1 N–H and O–H groups in total. The molecule has 3 aliphatic heterocycles. The fraction of sp³-hybridized carbons (Fsp3) is 0.240. The predicted molar refractivity (Wildman–Crippen MR) is 238 cm³/mol.